The standard InChI is InChI=1S/C17H34NO6P/c1-2-3-4-5-6-7-8-9-10-11-12-13-17(20)18-14-16(19)15-24-25(21,22)23/h5-6,16,19H,2-4,7-15H2,1H3,(H,18,20)(H2,21,22,23)/b6-5-. The van der Waals surface area contributed by atoms with Gasteiger partial charge in [-0.25, -0.2) is 4.57 Å². The summed E-state index contributed by atoms with van der Waals surface area (Å²) in [5.41, 5.74) is 0. The van der Waals surface area contributed by atoms with Gasteiger partial charge in [0, 0.05) is 13.0 Å². The van der Waals surface area contributed by atoms with E-state index in [0.29, 0.717) is 6.42 Å². The van der Waals surface area contributed by atoms with Crippen molar-refractivity contribution in [2.24, 2.45) is 0 Å². The topological polar surface area (TPSA) is 116 Å². The van der Waals surface area contributed by atoms with Crippen molar-refractivity contribution in [3.63, 3.8) is 0 Å². The average molecular weight is 379 g/mol. The fourth-order valence-corrected chi connectivity index (χ4v) is 2.56. The predicted octanol–water partition coefficient (Wildman–Crippen LogP) is 3.05. The molecule has 0 aromatic rings. The van der Waals surface area contributed by atoms with Gasteiger partial charge in [0.15, 0.2) is 0 Å². The van der Waals surface area contributed by atoms with Crippen molar-refractivity contribution in [3.05, 3.63) is 12.2 Å². The number of amides is 1. The van der Waals surface area contributed by atoms with E-state index in [2.05, 4.69) is 28.9 Å². The summed E-state index contributed by atoms with van der Waals surface area (Å²) < 4.78 is 14.6. The van der Waals surface area contributed by atoms with Crippen LogP contribution in [-0.2, 0) is 13.9 Å². The second kappa shape index (κ2) is 15.5. The van der Waals surface area contributed by atoms with Crippen LogP contribution in [0.5, 0.6) is 0 Å². The number of nitrogens with one attached hydrogen (secondary N) is 1. The number of phosphoric acid groups is 1. The molecule has 1 amide bonds. The highest BCUT2D eigenvalue weighted by Gasteiger charge is 2.17. The first-order chi connectivity index (χ1) is 11.8. The summed E-state index contributed by atoms with van der Waals surface area (Å²) >= 11 is 0. The van der Waals surface area contributed by atoms with E-state index in [1.165, 1.54) is 25.7 Å². The van der Waals surface area contributed by atoms with E-state index in [9.17, 15) is 14.5 Å². The first-order valence-corrected chi connectivity index (χ1v) is 10.7. The van der Waals surface area contributed by atoms with E-state index in [1.807, 2.05) is 0 Å². The van der Waals surface area contributed by atoms with E-state index in [0.717, 1.165) is 32.1 Å². The van der Waals surface area contributed by atoms with E-state index in [4.69, 9.17) is 9.79 Å². The van der Waals surface area contributed by atoms with Crippen LogP contribution in [0.25, 0.3) is 0 Å². The molecule has 148 valence electrons. The molecule has 7 nitrogen and oxygen atoms in total. The highest BCUT2D eigenvalue weighted by Crippen LogP contribution is 2.35. The molecule has 0 fully saturated rings. The quantitative estimate of drug-likeness (QED) is 0.186. The Morgan fingerprint density at radius 3 is 2.32 bits per heavy atom. The molecule has 0 aromatic carbocycles. The van der Waals surface area contributed by atoms with Gasteiger partial charge in [0.1, 0.15) is 0 Å². The molecule has 0 rings (SSSR count). The zero-order valence-corrected chi connectivity index (χ0v) is 16.1. The van der Waals surface area contributed by atoms with Gasteiger partial charge in [0.05, 0.1) is 12.7 Å². The van der Waals surface area contributed by atoms with Crippen molar-refractivity contribution in [3.8, 4) is 0 Å². The van der Waals surface area contributed by atoms with Crippen molar-refractivity contribution >= 4 is 13.7 Å². The third-order valence-corrected chi connectivity index (χ3v) is 4.12. The third kappa shape index (κ3) is 19.5. The summed E-state index contributed by atoms with van der Waals surface area (Å²) in [6.45, 7) is 1.60. The number of carbonyl (C=O) groups excluding carboxylic acids is 1. The van der Waals surface area contributed by atoms with Crippen LogP contribution in [0, 0.1) is 0 Å². The van der Waals surface area contributed by atoms with Crippen molar-refractivity contribution in [2.45, 2.75) is 77.2 Å². The van der Waals surface area contributed by atoms with E-state index < -0.39 is 20.5 Å². The van der Waals surface area contributed by atoms with E-state index in [1.54, 1.807) is 0 Å². The summed E-state index contributed by atoms with van der Waals surface area (Å²) in [5.74, 6) is -0.172. The van der Waals surface area contributed by atoms with Gasteiger partial charge in [-0.05, 0) is 25.7 Å². The fraction of sp³-hybridized carbons (Fsp3) is 0.824. The third-order valence-electron chi connectivity index (χ3n) is 3.64. The van der Waals surface area contributed by atoms with Gasteiger partial charge in [-0.1, -0.05) is 51.2 Å². The van der Waals surface area contributed by atoms with E-state index in [-0.39, 0.29) is 12.5 Å². The van der Waals surface area contributed by atoms with Crippen LogP contribution < -0.4 is 5.32 Å². The van der Waals surface area contributed by atoms with Gasteiger partial charge in [-0.2, -0.15) is 0 Å². The number of carbonyl (C=O) groups is 1. The molecule has 4 N–H and O–H groups in total. The van der Waals surface area contributed by atoms with Gasteiger partial charge in [-0.15, -0.1) is 0 Å². The molecule has 0 aliphatic carbocycles. The molecule has 0 heterocycles. The Bertz CT molecular complexity index is 410. The molecule has 0 radical (unpaired) electrons. The Kier molecular flexibility index (Phi) is 15.1. The van der Waals surface area contributed by atoms with Gasteiger partial charge in [0.25, 0.3) is 0 Å². The second-order valence-electron chi connectivity index (χ2n) is 6.16. The minimum atomic E-state index is -4.59. The second-order valence-corrected chi connectivity index (χ2v) is 7.40. The Morgan fingerprint density at radius 2 is 1.68 bits per heavy atom. The van der Waals surface area contributed by atoms with Crippen molar-refractivity contribution < 1.29 is 28.8 Å². The summed E-state index contributed by atoms with van der Waals surface area (Å²) in [6.07, 6.45) is 13.8. The lowest BCUT2D eigenvalue weighted by molar-refractivity contribution is -0.121. The van der Waals surface area contributed by atoms with Crippen LogP contribution in [0.3, 0.4) is 0 Å². The zero-order valence-electron chi connectivity index (χ0n) is 15.2. The smallest absolute Gasteiger partial charge is 0.389 e. The Morgan fingerprint density at radius 1 is 1.08 bits per heavy atom. The van der Waals surface area contributed by atoms with Crippen LogP contribution in [0.1, 0.15) is 71.1 Å². The summed E-state index contributed by atoms with van der Waals surface area (Å²) in [4.78, 5) is 28.6. The lowest BCUT2D eigenvalue weighted by atomic mass is 10.1. The molecule has 0 saturated carbocycles. The molecule has 25 heavy (non-hydrogen) atoms. The lowest BCUT2D eigenvalue weighted by Crippen LogP contribution is -2.34. The highest BCUT2D eigenvalue weighted by atomic mass is 31.2. The first-order valence-electron chi connectivity index (χ1n) is 9.15. The van der Waals surface area contributed by atoms with Crippen molar-refractivity contribution in [1.82, 2.24) is 5.32 Å². The fourth-order valence-electron chi connectivity index (χ4n) is 2.20. The number of allylic oxidation sites excluding steroid dienone is 2. The Balaban J connectivity index is 3.44. The van der Waals surface area contributed by atoms with Crippen LogP contribution in [0.4, 0.5) is 0 Å². The Labute approximate surface area is 151 Å². The molecule has 0 aliphatic rings. The molecule has 0 aromatic heterocycles. The molecular weight excluding hydrogens is 345 g/mol. The molecule has 1 atom stereocenters. The zero-order chi connectivity index (χ0) is 19.0. The van der Waals surface area contributed by atoms with Crippen molar-refractivity contribution in [1.29, 1.82) is 0 Å². The number of hydrogen-bond acceptors (Lipinski definition) is 4. The molecule has 0 aliphatic heterocycles. The maximum atomic E-state index is 11.6. The van der Waals surface area contributed by atoms with Gasteiger partial charge < -0.3 is 20.2 Å². The summed E-state index contributed by atoms with van der Waals surface area (Å²) in [5, 5.41) is 12.0. The first kappa shape index (κ1) is 24.3. The molecule has 8 heteroatoms. The number of aliphatic hydroxyl groups excluding tert-OH is 1. The molecule has 0 saturated heterocycles. The number of phosphoric ester groups is 1. The monoisotopic (exact) mass is 379 g/mol. The summed E-state index contributed by atoms with van der Waals surface area (Å²) in [6, 6.07) is 0. The van der Waals surface area contributed by atoms with Gasteiger partial charge in [0.2, 0.25) is 5.91 Å². The van der Waals surface area contributed by atoms with Crippen LogP contribution in [0.15, 0.2) is 12.2 Å². The van der Waals surface area contributed by atoms with Gasteiger partial charge in [-0.3, -0.25) is 9.32 Å². The SMILES string of the molecule is CCCC/C=C\CCCCCCCC(=O)NCC(O)COP(=O)(O)O. The Hall–Kier alpha value is -0.720. The number of unbranched alkanes of at least 4 members (excludes halogenated alkanes) is 7. The predicted molar refractivity (Wildman–Crippen MR) is 98.0 cm³/mol. The average Bonchev–Trinajstić information content (AvgIpc) is 2.55. The highest BCUT2D eigenvalue weighted by molar-refractivity contribution is 7.46. The largest absolute Gasteiger partial charge is 0.469 e. The molecule has 0 bridgehead atoms. The van der Waals surface area contributed by atoms with Crippen LogP contribution >= 0.6 is 7.82 Å². The lowest BCUT2D eigenvalue weighted by Gasteiger charge is -2.12. The molecule has 0 spiro atoms. The number of aliphatic hydroxyl groups is 1. The number of rotatable bonds is 16. The minimum absolute atomic E-state index is 0.0802. The normalized spacial score (nSPS) is 13.3. The number of hydrogen-bond donors (Lipinski definition) is 4. The molecular formula is C17H34NO6P. The minimum Gasteiger partial charge on any atom is -0.389 e. The molecule has 1 unspecified atom stereocenters. The maximum absolute atomic E-state index is 11.6. The van der Waals surface area contributed by atoms with Crippen LogP contribution in [0.2, 0.25) is 0 Å². The maximum Gasteiger partial charge on any atom is 0.469 e. The van der Waals surface area contributed by atoms with E-state index >= 15 is 0 Å². The summed E-state index contributed by atoms with van der Waals surface area (Å²) in [7, 11) is -4.59. The van der Waals surface area contributed by atoms with Gasteiger partial charge >= 0.3 is 7.82 Å². The van der Waals surface area contributed by atoms with Crippen molar-refractivity contribution in [2.75, 3.05) is 13.2 Å². The van der Waals surface area contributed by atoms with Crippen LogP contribution in [-0.4, -0.2) is 40.1 Å².